The van der Waals surface area contributed by atoms with Gasteiger partial charge in [-0.05, 0) is 25.7 Å². The molecule has 0 bridgehead atoms. The summed E-state index contributed by atoms with van der Waals surface area (Å²) in [4.78, 5) is 25.8. The van der Waals surface area contributed by atoms with Crippen molar-refractivity contribution in [1.82, 2.24) is 0 Å². The number of rotatable bonds is 43. The molecule has 0 aromatic rings. The van der Waals surface area contributed by atoms with Crippen molar-refractivity contribution in [3.8, 4) is 0 Å². The van der Waals surface area contributed by atoms with Crippen LogP contribution in [0.2, 0.25) is 0 Å². The molecule has 7 N–H and O–H groups in total. The summed E-state index contributed by atoms with van der Waals surface area (Å²) in [6.45, 7) is 4.16. The molecule has 2 aliphatic rings. The molecule has 0 radical (unpaired) electrons. The van der Waals surface area contributed by atoms with Gasteiger partial charge in [0.15, 0.2) is 18.7 Å². The number of aliphatic hydroxyl groups is 7. The van der Waals surface area contributed by atoms with E-state index in [1.54, 1.807) is 0 Å². The normalized spacial score (nSPS) is 25.8. The van der Waals surface area contributed by atoms with Gasteiger partial charge in [-0.15, -0.1) is 6.58 Å². The van der Waals surface area contributed by atoms with Gasteiger partial charge in [-0.3, -0.25) is 9.59 Å². The van der Waals surface area contributed by atoms with Crippen LogP contribution < -0.4 is 0 Å². The molecule has 15 nitrogen and oxygen atoms in total. The van der Waals surface area contributed by atoms with E-state index in [4.69, 9.17) is 28.4 Å². The third-order valence-corrected chi connectivity index (χ3v) is 13.1. The minimum absolute atomic E-state index is 0.168. The molecular weight excluding hydrogens is 865 g/mol. The SMILES string of the molecule is C=CCCCCCCCCCCCCCCCC(=O)O[C@@H](COC(=O)CCCCCCCCCCCCCCCCCC)CO[C@@H]1O[C@H](CO[C@@H]2O[C@H](CO)[C@H](O)C(O)C2O)[C@H](O)C(O)C1O. The van der Waals surface area contributed by atoms with Gasteiger partial charge in [0.2, 0.25) is 0 Å². The van der Waals surface area contributed by atoms with Crippen LogP contribution >= 0.6 is 0 Å². The number of esters is 2. The lowest BCUT2D eigenvalue weighted by Crippen LogP contribution is -2.61. The summed E-state index contributed by atoms with van der Waals surface area (Å²) >= 11 is 0. The smallest absolute Gasteiger partial charge is 0.306 e. The monoisotopic (exact) mass is 961 g/mol. The Bertz CT molecular complexity index is 1210. The molecule has 0 aliphatic carbocycles. The molecule has 2 heterocycles. The fourth-order valence-corrected chi connectivity index (χ4v) is 8.73. The number of unbranched alkanes of at least 4 members (excludes halogenated alkanes) is 28. The second kappa shape index (κ2) is 39.9. The Balaban J connectivity index is 1.78. The summed E-state index contributed by atoms with van der Waals surface area (Å²) in [5, 5.41) is 72.1. The van der Waals surface area contributed by atoms with Crippen molar-refractivity contribution in [1.29, 1.82) is 0 Å². The Morgan fingerprint density at radius 3 is 1.33 bits per heavy atom. The predicted octanol–water partition coefficient (Wildman–Crippen LogP) is 7.77. The summed E-state index contributed by atoms with van der Waals surface area (Å²) in [7, 11) is 0. The first kappa shape index (κ1) is 61.4. The minimum atomic E-state index is -1.76. The van der Waals surface area contributed by atoms with E-state index in [0.717, 1.165) is 44.9 Å². The zero-order chi connectivity index (χ0) is 48.9. The number of ether oxygens (including phenoxy) is 6. The topological polar surface area (TPSA) is 231 Å². The Kier molecular flexibility index (Phi) is 36.5. The Labute approximate surface area is 403 Å². The number of hydrogen-bond donors (Lipinski definition) is 7. The van der Waals surface area contributed by atoms with E-state index in [9.17, 15) is 45.3 Å². The third kappa shape index (κ3) is 28.0. The molecule has 67 heavy (non-hydrogen) atoms. The van der Waals surface area contributed by atoms with Gasteiger partial charge in [-0.25, -0.2) is 0 Å². The molecule has 394 valence electrons. The van der Waals surface area contributed by atoms with Crippen molar-refractivity contribution in [2.45, 2.75) is 280 Å². The Morgan fingerprint density at radius 1 is 0.493 bits per heavy atom. The highest BCUT2D eigenvalue weighted by Gasteiger charge is 2.47. The number of carbonyl (C=O) groups is 2. The molecule has 11 atom stereocenters. The zero-order valence-electron chi connectivity index (χ0n) is 41.5. The molecular formula is C52H96O15. The first-order valence-electron chi connectivity index (χ1n) is 26.7. The molecule has 0 saturated carbocycles. The summed E-state index contributed by atoms with van der Waals surface area (Å²) in [5.74, 6) is -0.915. The zero-order valence-corrected chi connectivity index (χ0v) is 41.5. The van der Waals surface area contributed by atoms with Gasteiger partial charge >= 0.3 is 11.9 Å². The van der Waals surface area contributed by atoms with E-state index < -0.39 is 92.7 Å². The summed E-state index contributed by atoms with van der Waals surface area (Å²) in [5.41, 5.74) is 0. The number of allylic oxidation sites excluding steroid dienone is 1. The molecule has 0 aromatic heterocycles. The second-order valence-corrected chi connectivity index (χ2v) is 19.2. The summed E-state index contributed by atoms with van der Waals surface area (Å²) < 4.78 is 33.6. The van der Waals surface area contributed by atoms with Crippen molar-refractivity contribution in [3.63, 3.8) is 0 Å². The van der Waals surface area contributed by atoms with Gasteiger partial charge in [0, 0.05) is 12.8 Å². The van der Waals surface area contributed by atoms with Crippen LogP contribution in [0.3, 0.4) is 0 Å². The van der Waals surface area contributed by atoms with Gasteiger partial charge in [-0.2, -0.15) is 0 Å². The fraction of sp³-hybridized carbons (Fsp3) is 0.923. The van der Waals surface area contributed by atoms with Crippen molar-refractivity contribution in [2.75, 3.05) is 26.4 Å². The lowest BCUT2D eigenvalue weighted by atomic mass is 9.98. The van der Waals surface area contributed by atoms with Crippen LogP contribution in [0.25, 0.3) is 0 Å². The third-order valence-electron chi connectivity index (χ3n) is 13.1. The van der Waals surface area contributed by atoms with Crippen molar-refractivity contribution < 1.29 is 73.8 Å². The van der Waals surface area contributed by atoms with E-state index in [2.05, 4.69) is 13.5 Å². The maximum atomic E-state index is 13.0. The van der Waals surface area contributed by atoms with E-state index >= 15 is 0 Å². The van der Waals surface area contributed by atoms with Gasteiger partial charge in [0.25, 0.3) is 0 Å². The second-order valence-electron chi connectivity index (χ2n) is 19.2. The van der Waals surface area contributed by atoms with Crippen molar-refractivity contribution in [3.05, 3.63) is 12.7 Å². The molecule has 4 unspecified atom stereocenters. The van der Waals surface area contributed by atoms with E-state index in [0.29, 0.717) is 12.8 Å². The van der Waals surface area contributed by atoms with Gasteiger partial charge in [0.05, 0.1) is 19.8 Å². The fourth-order valence-electron chi connectivity index (χ4n) is 8.73. The Hall–Kier alpha value is -1.76. The Morgan fingerprint density at radius 2 is 0.881 bits per heavy atom. The molecule has 15 heteroatoms. The standard InChI is InChI=1S/C52H96O15/c1-3-5-7-9-11-13-15-17-19-21-22-24-26-28-30-32-34-43(54)62-37-40(65-44(55)35-33-31-29-27-25-23-20-18-16-14-12-10-8-6-4-2)38-63-51-50(61)48(59)46(57)42(67-51)39-64-52-49(60)47(58)45(56)41(36-53)66-52/h4,40-42,45-53,56-61H,2-3,5-39H2,1H3/t40-,41+,42+,45-,46-,47?,48?,49?,50?,51+,52+/m0/s1. The van der Waals surface area contributed by atoms with Crippen molar-refractivity contribution in [2.24, 2.45) is 0 Å². The van der Waals surface area contributed by atoms with Crippen LogP contribution in [0.15, 0.2) is 12.7 Å². The lowest BCUT2D eigenvalue weighted by molar-refractivity contribution is -0.332. The van der Waals surface area contributed by atoms with Crippen LogP contribution in [-0.4, -0.2) is 142 Å². The highest BCUT2D eigenvalue weighted by atomic mass is 16.7. The van der Waals surface area contributed by atoms with Gasteiger partial charge < -0.3 is 64.2 Å². The van der Waals surface area contributed by atoms with Gasteiger partial charge in [0.1, 0.15) is 55.4 Å². The quantitative estimate of drug-likeness (QED) is 0.0176. The largest absolute Gasteiger partial charge is 0.462 e. The minimum Gasteiger partial charge on any atom is -0.462 e. The van der Waals surface area contributed by atoms with E-state index in [1.165, 1.54) is 135 Å². The first-order chi connectivity index (χ1) is 32.5. The maximum Gasteiger partial charge on any atom is 0.306 e. The molecule has 2 rings (SSSR count). The average molecular weight is 961 g/mol. The molecule has 0 spiro atoms. The van der Waals surface area contributed by atoms with Crippen molar-refractivity contribution >= 4 is 11.9 Å². The van der Waals surface area contributed by atoms with Crippen LogP contribution in [0, 0.1) is 0 Å². The highest BCUT2D eigenvalue weighted by Crippen LogP contribution is 2.27. The average Bonchev–Trinajstić information content (AvgIpc) is 3.32. The maximum absolute atomic E-state index is 13.0. The molecule has 2 aliphatic heterocycles. The van der Waals surface area contributed by atoms with Gasteiger partial charge in [-0.1, -0.05) is 180 Å². The van der Waals surface area contributed by atoms with Crippen LogP contribution in [-0.2, 0) is 38.0 Å². The molecule has 2 fully saturated rings. The van der Waals surface area contributed by atoms with E-state index in [1.807, 2.05) is 6.08 Å². The highest BCUT2D eigenvalue weighted by molar-refractivity contribution is 5.70. The van der Waals surface area contributed by atoms with Crippen LogP contribution in [0.5, 0.6) is 0 Å². The molecule has 0 amide bonds. The van der Waals surface area contributed by atoms with Crippen LogP contribution in [0.4, 0.5) is 0 Å². The summed E-state index contributed by atoms with van der Waals surface area (Å²) in [6.07, 6.45) is 21.3. The van der Waals surface area contributed by atoms with E-state index in [-0.39, 0.29) is 26.1 Å². The molecule has 2 saturated heterocycles. The lowest BCUT2D eigenvalue weighted by Gasteiger charge is -2.42. The number of hydrogen-bond acceptors (Lipinski definition) is 15. The number of aliphatic hydroxyl groups excluding tert-OH is 7. The molecule has 0 aromatic carbocycles. The first-order valence-corrected chi connectivity index (χ1v) is 26.7. The predicted molar refractivity (Wildman–Crippen MR) is 257 cm³/mol. The number of carbonyl (C=O) groups excluding carboxylic acids is 2. The summed E-state index contributed by atoms with van der Waals surface area (Å²) in [6, 6.07) is 0. The van der Waals surface area contributed by atoms with Crippen LogP contribution in [0.1, 0.15) is 212 Å².